The first-order valence-electron chi connectivity index (χ1n) is 6.69. The molecule has 0 bridgehead atoms. The number of nitrogens with one attached hydrogen (secondary N) is 1. The number of anilines is 1. The van der Waals surface area contributed by atoms with Gasteiger partial charge in [0.25, 0.3) is 0 Å². The summed E-state index contributed by atoms with van der Waals surface area (Å²) in [6.07, 6.45) is 4.98. The Kier molecular flexibility index (Phi) is 3.12. The third-order valence-electron chi connectivity index (χ3n) is 4.06. The van der Waals surface area contributed by atoms with Crippen LogP contribution in [0.2, 0.25) is 0 Å². The molecule has 2 atom stereocenters. The van der Waals surface area contributed by atoms with Crippen LogP contribution in [-0.2, 0) is 0 Å². The molecule has 0 heterocycles. The molecule has 0 radical (unpaired) electrons. The molecule has 0 unspecified atom stereocenters. The highest BCUT2D eigenvalue weighted by Gasteiger charge is 2.45. The fraction of sp³-hybridized carbons (Fsp3) is 0.500. The van der Waals surface area contributed by atoms with Crippen molar-refractivity contribution in [1.82, 2.24) is 0 Å². The van der Waals surface area contributed by atoms with E-state index < -0.39 is 11.6 Å². The van der Waals surface area contributed by atoms with Crippen molar-refractivity contribution in [3.63, 3.8) is 0 Å². The van der Waals surface area contributed by atoms with Crippen molar-refractivity contribution < 1.29 is 8.78 Å². The molecule has 0 amide bonds. The lowest BCUT2D eigenvalue weighted by molar-refractivity contribution is 0.274. The minimum absolute atomic E-state index is 0.0297. The second kappa shape index (κ2) is 4.79. The number of nitrogens with zero attached hydrogens (tertiary/aromatic N) is 1. The zero-order valence-electron chi connectivity index (χ0n) is 10.6. The normalized spacial score (nSPS) is 26.9. The third kappa shape index (κ3) is 2.69. The molecule has 3 nitrogen and oxygen atoms in total. The lowest BCUT2D eigenvalue weighted by Crippen LogP contribution is -2.24. The number of benzene rings is 1. The summed E-state index contributed by atoms with van der Waals surface area (Å²) in [5, 5.41) is 2.63. The maximum atomic E-state index is 13.4. The topological polar surface area (TPSA) is 50.4 Å². The fourth-order valence-corrected chi connectivity index (χ4v) is 2.67. The summed E-state index contributed by atoms with van der Waals surface area (Å²) in [6.45, 7) is 0. The highest BCUT2D eigenvalue weighted by molar-refractivity contribution is 5.92. The maximum absolute atomic E-state index is 13.4. The number of nitrogens with two attached hydrogens (primary N) is 1. The van der Waals surface area contributed by atoms with E-state index in [1.165, 1.54) is 19.3 Å². The minimum Gasteiger partial charge on any atom is -0.370 e. The molecule has 102 valence electrons. The standard InChI is InChI=1S/C14H17F2N3/c15-9-4-5-11(16)13(6-9)19-14(17)18-12-7-10(12)8-2-1-3-8/h4-6,8,10,12H,1-3,7H2,(H3,17,18,19)/t10-,12+/m0/s1. The average Bonchev–Trinajstić information content (AvgIpc) is 3.00. The van der Waals surface area contributed by atoms with Gasteiger partial charge in [0, 0.05) is 6.07 Å². The molecule has 5 heteroatoms. The highest BCUT2D eigenvalue weighted by atomic mass is 19.1. The molecular weight excluding hydrogens is 248 g/mol. The number of halogens is 2. The molecule has 2 aliphatic carbocycles. The van der Waals surface area contributed by atoms with Crippen molar-refractivity contribution in [3.05, 3.63) is 29.8 Å². The van der Waals surface area contributed by atoms with Crippen LogP contribution in [0.25, 0.3) is 0 Å². The fourth-order valence-electron chi connectivity index (χ4n) is 2.67. The second-order valence-electron chi connectivity index (χ2n) is 5.42. The summed E-state index contributed by atoms with van der Waals surface area (Å²) >= 11 is 0. The minimum atomic E-state index is -0.536. The van der Waals surface area contributed by atoms with E-state index in [1.807, 2.05) is 0 Å². The summed E-state index contributed by atoms with van der Waals surface area (Å²) in [5.74, 6) is 0.566. The first-order chi connectivity index (χ1) is 9.13. The van der Waals surface area contributed by atoms with Crippen LogP contribution >= 0.6 is 0 Å². The Labute approximate surface area is 110 Å². The van der Waals surface area contributed by atoms with Crippen LogP contribution in [0.4, 0.5) is 14.5 Å². The predicted molar refractivity (Wildman–Crippen MR) is 70.8 cm³/mol. The number of hydrogen-bond acceptors (Lipinski definition) is 1. The van der Waals surface area contributed by atoms with E-state index in [2.05, 4.69) is 10.3 Å². The van der Waals surface area contributed by atoms with Crippen LogP contribution in [0.15, 0.2) is 23.2 Å². The SMILES string of the molecule is NC(=N[C@@H]1C[C@H]1C1CCC1)Nc1cc(F)ccc1F. The van der Waals surface area contributed by atoms with Crippen LogP contribution in [0.1, 0.15) is 25.7 Å². The van der Waals surface area contributed by atoms with E-state index in [4.69, 9.17) is 5.73 Å². The smallest absolute Gasteiger partial charge is 0.193 e. The van der Waals surface area contributed by atoms with Crippen LogP contribution in [0.5, 0.6) is 0 Å². The van der Waals surface area contributed by atoms with E-state index in [-0.39, 0.29) is 17.7 Å². The zero-order valence-corrected chi connectivity index (χ0v) is 10.6. The van der Waals surface area contributed by atoms with Crippen molar-refractivity contribution >= 4 is 11.6 Å². The van der Waals surface area contributed by atoms with Gasteiger partial charge in [0.15, 0.2) is 5.96 Å². The van der Waals surface area contributed by atoms with Gasteiger partial charge in [0.05, 0.1) is 11.7 Å². The average molecular weight is 265 g/mol. The molecule has 2 aliphatic rings. The lowest BCUT2D eigenvalue weighted by Gasteiger charge is -2.25. The van der Waals surface area contributed by atoms with Gasteiger partial charge in [-0.1, -0.05) is 19.3 Å². The molecular formula is C14H17F2N3. The summed E-state index contributed by atoms with van der Waals surface area (Å²) < 4.78 is 26.4. The monoisotopic (exact) mass is 265 g/mol. The lowest BCUT2D eigenvalue weighted by atomic mass is 9.81. The van der Waals surface area contributed by atoms with E-state index in [0.29, 0.717) is 5.92 Å². The van der Waals surface area contributed by atoms with E-state index in [1.54, 1.807) is 0 Å². The number of hydrogen-bond donors (Lipinski definition) is 2. The van der Waals surface area contributed by atoms with Gasteiger partial charge >= 0.3 is 0 Å². The van der Waals surface area contributed by atoms with Crippen molar-refractivity contribution in [1.29, 1.82) is 0 Å². The van der Waals surface area contributed by atoms with Gasteiger partial charge in [0.2, 0.25) is 0 Å². The largest absolute Gasteiger partial charge is 0.370 e. The molecule has 0 spiro atoms. The van der Waals surface area contributed by atoms with Crippen molar-refractivity contribution in [3.8, 4) is 0 Å². The first-order valence-corrected chi connectivity index (χ1v) is 6.69. The number of aliphatic imine (C=N–C) groups is 1. The molecule has 3 rings (SSSR count). The first kappa shape index (κ1) is 12.4. The van der Waals surface area contributed by atoms with Crippen LogP contribution in [-0.4, -0.2) is 12.0 Å². The van der Waals surface area contributed by atoms with E-state index in [0.717, 1.165) is 30.5 Å². The molecule has 1 aromatic carbocycles. The molecule has 19 heavy (non-hydrogen) atoms. The summed E-state index contributed by atoms with van der Waals surface area (Å²) in [6, 6.07) is 3.48. The van der Waals surface area contributed by atoms with Gasteiger partial charge in [-0.05, 0) is 30.4 Å². The quantitative estimate of drug-likeness (QED) is 0.652. The van der Waals surface area contributed by atoms with Gasteiger partial charge in [0.1, 0.15) is 11.6 Å². The molecule has 1 aromatic rings. The predicted octanol–water partition coefficient (Wildman–Crippen LogP) is 2.88. The van der Waals surface area contributed by atoms with Crippen molar-refractivity contribution in [2.24, 2.45) is 22.6 Å². The molecule has 2 fully saturated rings. The third-order valence-corrected chi connectivity index (χ3v) is 4.06. The Bertz CT molecular complexity index is 511. The summed E-state index contributed by atoms with van der Waals surface area (Å²) in [7, 11) is 0. The van der Waals surface area contributed by atoms with Gasteiger partial charge in [-0.2, -0.15) is 0 Å². The van der Waals surface area contributed by atoms with Crippen molar-refractivity contribution in [2.75, 3.05) is 5.32 Å². The Hall–Kier alpha value is -1.65. The molecule has 0 aliphatic heterocycles. The molecule has 3 N–H and O–H groups in total. The summed E-state index contributed by atoms with van der Waals surface area (Å²) in [5.41, 5.74) is 5.77. The van der Waals surface area contributed by atoms with Crippen LogP contribution < -0.4 is 11.1 Å². The Morgan fingerprint density at radius 1 is 1.32 bits per heavy atom. The van der Waals surface area contributed by atoms with Gasteiger partial charge < -0.3 is 11.1 Å². The number of rotatable bonds is 3. The van der Waals surface area contributed by atoms with E-state index in [9.17, 15) is 8.78 Å². The Morgan fingerprint density at radius 3 is 2.79 bits per heavy atom. The van der Waals surface area contributed by atoms with Gasteiger partial charge in [-0.15, -0.1) is 0 Å². The highest BCUT2D eigenvalue weighted by Crippen LogP contribution is 2.48. The summed E-state index contributed by atoms with van der Waals surface area (Å²) in [4.78, 5) is 4.33. The molecule has 0 aromatic heterocycles. The Morgan fingerprint density at radius 2 is 2.11 bits per heavy atom. The molecule has 2 saturated carbocycles. The van der Waals surface area contributed by atoms with Gasteiger partial charge in [-0.3, -0.25) is 0 Å². The maximum Gasteiger partial charge on any atom is 0.193 e. The van der Waals surface area contributed by atoms with Crippen molar-refractivity contribution in [2.45, 2.75) is 31.7 Å². The zero-order chi connectivity index (χ0) is 13.4. The van der Waals surface area contributed by atoms with Gasteiger partial charge in [-0.25, -0.2) is 13.8 Å². The van der Waals surface area contributed by atoms with E-state index >= 15 is 0 Å². The Balaban J connectivity index is 1.61. The van der Waals surface area contributed by atoms with Crippen LogP contribution in [0.3, 0.4) is 0 Å². The molecule has 0 saturated heterocycles. The number of guanidine groups is 1. The second-order valence-corrected chi connectivity index (χ2v) is 5.42. The van der Waals surface area contributed by atoms with Crippen LogP contribution in [0, 0.1) is 23.5 Å².